The van der Waals surface area contributed by atoms with E-state index in [1.165, 1.54) is 47.9 Å². The van der Waals surface area contributed by atoms with Crippen molar-refractivity contribution < 1.29 is 26.3 Å². The van der Waals surface area contributed by atoms with Crippen LogP contribution in [0, 0.1) is 48.8 Å². The van der Waals surface area contributed by atoms with E-state index in [0.717, 1.165) is 89.8 Å². The van der Waals surface area contributed by atoms with Crippen molar-refractivity contribution in [2.75, 3.05) is 0 Å². The highest BCUT2D eigenvalue weighted by atomic mass is 19.2. The maximum absolute atomic E-state index is 16.2. The fourth-order valence-electron chi connectivity index (χ4n) is 12.1. The molecule has 0 N–H and O–H groups in total. The topological polar surface area (TPSA) is 38.7 Å². The number of hydrogen-bond donors (Lipinski definition) is 0. The van der Waals surface area contributed by atoms with Gasteiger partial charge in [0.05, 0.1) is 17.1 Å². The summed E-state index contributed by atoms with van der Waals surface area (Å²) < 4.78 is 90.1. The minimum Gasteiger partial charge on any atom is -0.256 e. The van der Waals surface area contributed by atoms with Gasteiger partial charge in [-0.05, 0) is 216 Å². The van der Waals surface area contributed by atoms with Crippen LogP contribution in [0.2, 0.25) is 0 Å². The molecule has 11 aromatic carbocycles. The van der Waals surface area contributed by atoms with Crippen molar-refractivity contribution in [3.05, 3.63) is 295 Å². The predicted octanol–water partition coefficient (Wildman–Crippen LogP) is 21.5. The lowest BCUT2D eigenvalue weighted by atomic mass is 9.84. The summed E-state index contributed by atoms with van der Waals surface area (Å²) in [6, 6.07) is 69.4. The molecule has 0 radical (unpaired) electrons. The molecule has 0 saturated heterocycles. The van der Waals surface area contributed by atoms with Gasteiger partial charge in [0.25, 0.3) is 0 Å². The first-order valence-electron chi connectivity index (χ1n) is 28.0. The summed E-state index contributed by atoms with van der Waals surface area (Å²) in [6.07, 6.45) is 5.19. The predicted molar refractivity (Wildman–Crippen MR) is 336 cm³/mol. The zero-order valence-electron chi connectivity index (χ0n) is 46.3. The van der Waals surface area contributed by atoms with E-state index >= 15 is 13.2 Å². The average Bonchev–Trinajstić information content (AvgIpc) is 1.10. The standard InChI is InChI=1S/C77H47F6N3/c1-44-30-75(48-21-29-72(81)74(83)36-48)84-41-69(44)62-26-22-52(78)37-65(62)50-32-49(33-51(34-50)66-38-53(79)23-27-63(66)70-42-86-77(31-45(70)2)64-28-24-54(80)39-73(64)82)55-14-6-7-15-56(55)71-43-85-76(46-12-4-3-5-13-46)40-67(71)47-20-25-61-59-18-9-8-16-57(59)58-17-10-11-19-60(58)68(61)35-47/h3-43H,1-2H3. The van der Waals surface area contributed by atoms with Gasteiger partial charge in [-0.3, -0.25) is 15.0 Å². The fraction of sp³-hybridized carbons (Fsp3) is 0.0260. The molecule has 0 aliphatic carbocycles. The quantitative estimate of drug-likeness (QED) is 0.101. The van der Waals surface area contributed by atoms with Crippen molar-refractivity contribution in [1.29, 1.82) is 0 Å². The SMILES string of the molecule is Cc1cc(-c2ccc(F)c(F)c2)ncc1-c1ccc(F)cc1-c1cc(-c2cc(F)ccc2-c2cnc(-c3ccc(F)cc3F)cc2C)cc(-c2ccccc2-c2cnc(-c3ccccc3)cc2-c2ccc3c4ccccc4c4ccccc4c3c2)c1. The average molecular weight is 1130 g/mol. The first-order chi connectivity index (χ1) is 41.9. The Labute approximate surface area is 491 Å². The van der Waals surface area contributed by atoms with Crippen molar-refractivity contribution in [1.82, 2.24) is 15.0 Å². The van der Waals surface area contributed by atoms with E-state index in [1.807, 2.05) is 86.8 Å². The molecule has 14 aromatic rings. The molecule has 3 nitrogen and oxygen atoms in total. The van der Waals surface area contributed by atoms with Crippen LogP contribution >= 0.6 is 0 Å². The Morgan fingerprint density at radius 3 is 1.24 bits per heavy atom. The Kier molecular flexibility index (Phi) is 13.5. The molecular formula is C77H47F6N3. The van der Waals surface area contributed by atoms with Crippen LogP contribution in [-0.2, 0) is 0 Å². The number of nitrogens with zero attached hydrogens (tertiary/aromatic N) is 3. The lowest BCUT2D eigenvalue weighted by molar-refractivity contribution is 0.509. The molecule has 9 heteroatoms. The smallest absolute Gasteiger partial charge is 0.159 e. The summed E-state index contributed by atoms with van der Waals surface area (Å²) in [5.74, 6) is -4.44. The molecule has 14 rings (SSSR count). The first-order valence-corrected chi connectivity index (χ1v) is 28.0. The van der Waals surface area contributed by atoms with Crippen molar-refractivity contribution in [3.8, 4) is 112 Å². The van der Waals surface area contributed by atoms with Gasteiger partial charge in [0.15, 0.2) is 11.6 Å². The monoisotopic (exact) mass is 1130 g/mol. The van der Waals surface area contributed by atoms with Gasteiger partial charge in [0.2, 0.25) is 0 Å². The minimum absolute atomic E-state index is 0.127. The Hall–Kier alpha value is -10.8. The highest BCUT2D eigenvalue weighted by Gasteiger charge is 2.23. The molecule has 0 bridgehead atoms. The molecule has 0 atom stereocenters. The second kappa shape index (κ2) is 21.8. The molecule has 0 unspecified atom stereocenters. The minimum atomic E-state index is -0.998. The van der Waals surface area contributed by atoms with Gasteiger partial charge < -0.3 is 0 Å². The van der Waals surface area contributed by atoms with E-state index in [9.17, 15) is 13.2 Å². The molecule has 3 heterocycles. The summed E-state index contributed by atoms with van der Waals surface area (Å²) >= 11 is 0. The van der Waals surface area contributed by atoms with E-state index < -0.39 is 34.9 Å². The van der Waals surface area contributed by atoms with Gasteiger partial charge in [-0.2, -0.15) is 0 Å². The van der Waals surface area contributed by atoms with Gasteiger partial charge >= 0.3 is 0 Å². The Morgan fingerprint density at radius 2 is 0.663 bits per heavy atom. The largest absolute Gasteiger partial charge is 0.256 e. The molecule has 412 valence electrons. The van der Waals surface area contributed by atoms with Crippen molar-refractivity contribution in [2.45, 2.75) is 13.8 Å². The molecule has 0 amide bonds. The second-order valence-corrected chi connectivity index (χ2v) is 21.6. The van der Waals surface area contributed by atoms with Crippen molar-refractivity contribution in [2.24, 2.45) is 0 Å². The van der Waals surface area contributed by atoms with Crippen LogP contribution in [0.3, 0.4) is 0 Å². The van der Waals surface area contributed by atoms with E-state index in [0.29, 0.717) is 72.6 Å². The molecule has 3 aromatic heterocycles. The van der Waals surface area contributed by atoms with Crippen LogP contribution in [0.1, 0.15) is 11.1 Å². The fourth-order valence-corrected chi connectivity index (χ4v) is 12.1. The maximum Gasteiger partial charge on any atom is 0.159 e. The van der Waals surface area contributed by atoms with E-state index in [-0.39, 0.29) is 5.56 Å². The van der Waals surface area contributed by atoms with Gasteiger partial charge in [-0.25, -0.2) is 26.3 Å². The van der Waals surface area contributed by atoms with Crippen LogP contribution in [0.4, 0.5) is 26.3 Å². The normalized spacial score (nSPS) is 11.5. The highest BCUT2D eigenvalue weighted by Crippen LogP contribution is 2.47. The molecule has 0 aliphatic heterocycles. The second-order valence-electron chi connectivity index (χ2n) is 21.6. The van der Waals surface area contributed by atoms with Crippen molar-refractivity contribution in [3.63, 3.8) is 0 Å². The van der Waals surface area contributed by atoms with Crippen LogP contribution in [0.25, 0.3) is 144 Å². The van der Waals surface area contributed by atoms with Crippen molar-refractivity contribution >= 4 is 32.3 Å². The Bertz CT molecular complexity index is 5020. The Morgan fingerprint density at radius 1 is 0.221 bits per heavy atom. The molecule has 0 aliphatic rings. The lowest BCUT2D eigenvalue weighted by Crippen LogP contribution is -1.97. The zero-order chi connectivity index (χ0) is 58.7. The van der Waals surface area contributed by atoms with E-state index in [1.54, 1.807) is 36.7 Å². The number of aromatic nitrogens is 3. The maximum atomic E-state index is 16.2. The number of benzene rings is 11. The molecular weight excluding hydrogens is 1080 g/mol. The van der Waals surface area contributed by atoms with Gasteiger partial charge in [0.1, 0.15) is 23.3 Å². The van der Waals surface area contributed by atoms with E-state index in [4.69, 9.17) is 9.97 Å². The molecule has 0 fully saturated rings. The van der Waals surface area contributed by atoms with Crippen LogP contribution in [0.15, 0.2) is 249 Å². The van der Waals surface area contributed by atoms with Crippen LogP contribution in [-0.4, -0.2) is 15.0 Å². The first kappa shape index (κ1) is 53.2. The number of halogens is 6. The van der Waals surface area contributed by atoms with E-state index in [2.05, 4.69) is 83.8 Å². The lowest BCUT2D eigenvalue weighted by Gasteiger charge is -2.20. The summed E-state index contributed by atoms with van der Waals surface area (Å²) in [6.45, 7) is 3.74. The third kappa shape index (κ3) is 9.72. The number of pyridine rings is 3. The van der Waals surface area contributed by atoms with Crippen LogP contribution < -0.4 is 0 Å². The summed E-state index contributed by atoms with van der Waals surface area (Å²) in [7, 11) is 0. The summed E-state index contributed by atoms with van der Waals surface area (Å²) in [5, 5.41) is 6.87. The summed E-state index contributed by atoms with van der Waals surface area (Å²) in [5.41, 5.74) is 14.2. The molecule has 0 spiro atoms. The third-order valence-corrected chi connectivity index (χ3v) is 16.3. The number of aryl methyl sites for hydroxylation is 2. The van der Waals surface area contributed by atoms with Gasteiger partial charge in [0, 0.05) is 58.0 Å². The summed E-state index contributed by atoms with van der Waals surface area (Å²) in [4.78, 5) is 14.5. The number of hydrogen-bond acceptors (Lipinski definition) is 3. The van der Waals surface area contributed by atoms with Gasteiger partial charge in [-0.1, -0.05) is 127 Å². The number of fused-ring (bicyclic) bond motifs is 6. The zero-order valence-corrected chi connectivity index (χ0v) is 46.3. The highest BCUT2D eigenvalue weighted by molar-refractivity contribution is 6.26. The third-order valence-electron chi connectivity index (χ3n) is 16.3. The van der Waals surface area contributed by atoms with Crippen LogP contribution in [0.5, 0.6) is 0 Å². The number of rotatable bonds is 10. The van der Waals surface area contributed by atoms with Gasteiger partial charge in [-0.15, -0.1) is 0 Å². The molecule has 0 saturated carbocycles. The molecule has 86 heavy (non-hydrogen) atoms. The Balaban J connectivity index is 0.992.